The van der Waals surface area contributed by atoms with Crippen LogP contribution in [0.3, 0.4) is 0 Å². The molecule has 4 nitrogen and oxygen atoms in total. The average Bonchev–Trinajstić information content (AvgIpc) is 2.57. The lowest BCUT2D eigenvalue weighted by Crippen LogP contribution is -2.89. The second-order valence-corrected chi connectivity index (χ2v) is 3.96. The highest BCUT2D eigenvalue weighted by Gasteiger charge is 2.45. The first-order valence-corrected chi connectivity index (χ1v) is 5.11. The standard InChI is InChI=1S/C11H15NO3/c13-6-8-10(14)11(15)9(12-8)7-4-2-1-3-5-7/h1-5,8-15H,6H2/p+1/t8-,9+,10-,11-/m1/s1. The van der Waals surface area contributed by atoms with Crippen LogP contribution in [0.4, 0.5) is 0 Å². The molecule has 1 aromatic carbocycles. The number of rotatable bonds is 2. The number of aliphatic hydroxyl groups is 3. The van der Waals surface area contributed by atoms with Gasteiger partial charge in [-0.15, -0.1) is 0 Å². The fourth-order valence-electron chi connectivity index (χ4n) is 2.11. The van der Waals surface area contributed by atoms with Crippen LogP contribution in [0.1, 0.15) is 11.6 Å². The third-order valence-electron chi connectivity index (χ3n) is 3.01. The molecule has 0 aromatic heterocycles. The summed E-state index contributed by atoms with van der Waals surface area (Å²) >= 11 is 0. The highest BCUT2D eigenvalue weighted by atomic mass is 16.3. The number of nitrogens with two attached hydrogens (primary N) is 1. The number of quaternary nitrogens is 1. The molecule has 4 atom stereocenters. The minimum Gasteiger partial charge on any atom is -0.390 e. The van der Waals surface area contributed by atoms with Crippen molar-refractivity contribution in [3.8, 4) is 0 Å². The van der Waals surface area contributed by atoms with Crippen molar-refractivity contribution in [1.82, 2.24) is 0 Å². The van der Waals surface area contributed by atoms with E-state index in [2.05, 4.69) is 0 Å². The number of benzene rings is 1. The minimum absolute atomic E-state index is 0.123. The topological polar surface area (TPSA) is 77.3 Å². The Morgan fingerprint density at radius 2 is 1.73 bits per heavy atom. The monoisotopic (exact) mass is 210 g/mol. The molecule has 0 aliphatic carbocycles. The number of hydrogen-bond donors (Lipinski definition) is 4. The van der Waals surface area contributed by atoms with E-state index < -0.39 is 12.2 Å². The van der Waals surface area contributed by atoms with Crippen molar-refractivity contribution in [2.45, 2.75) is 24.3 Å². The molecule has 0 radical (unpaired) electrons. The Morgan fingerprint density at radius 3 is 2.27 bits per heavy atom. The van der Waals surface area contributed by atoms with E-state index >= 15 is 0 Å². The van der Waals surface area contributed by atoms with Crippen LogP contribution in [-0.4, -0.2) is 40.2 Å². The molecule has 5 N–H and O–H groups in total. The lowest BCUT2D eigenvalue weighted by atomic mass is 10.0. The van der Waals surface area contributed by atoms with Crippen molar-refractivity contribution < 1.29 is 20.6 Å². The highest BCUT2D eigenvalue weighted by Crippen LogP contribution is 2.20. The molecule has 0 bridgehead atoms. The summed E-state index contributed by atoms with van der Waals surface area (Å²) in [7, 11) is 0. The maximum absolute atomic E-state index is 9.82. The lowest BCUT2D eigenvalue weighted by Gasteiger charge is -2.12. The molecule has 1 saturated heterocycles. The molecule has 1 heterocycles. The van der Waals surface area contributed by atoms with Gasteiger partial charge in [-0.2, -0.15) is 0 Å². The van der Waals surface area contributed by atoms with E-state index in [0.717, 1.165) is 5.56 Å². The Kier molecular flexibility index (Phi) is 3.02. The maximum Gasteiger partial charge on any atom is 0.142 e. The van der Waals surface area contributed by atoms with E-state index in [4.69, 9.17) is 5.11 Å². The van der Waals surface area contributed by atoms with Gasteiger partial charge in [-0.25, -0.2) is 0 Å². The van der Waals surface area contributed by atoms with Gasteiger partial charge in [0.2, 0.25) is 0 Å². The van der Waals surface area contributed by atoms with Gasteiger partial charge in [-0.05, 0) is 0 Å². The lowest BCUT2D eigenvalue weighted by molar-refractivity contribution is -0.714. The van der Waals surface area contributed by atoms with Crippen LogP contribution in [-0.2, 0) is 0 Å². The van der Waals surface area contributed by atoms with E-state index in [1.165, 1.54) is 0 Å². The van der Waals surface area contributed by atoms with Gasteiger partial charge in [-0.3, -0.25) is 0 Å². The van der Waals surface area contributed by atoms with Gasteiger partial charge < -0.3 is 20.6 Å². The molecule has 0 amide bonds. The van der Waals surface area contributed by atoms with Crippen molar-refractivity contribution in [2.75, 3.05) is 6.61 Å². The summed E-state index contributed by atoms with van der Waals surface area (Å²) in [6, 6.07) is 9.02. The molecule has 1 aliphatic rings. The van der Waals surface area contributed by atoms with Crippen LogP contribution < -0.4 is 5.32 Å². The molecule has 1 aromatic rings. The van der Waals surface area contributed by atoms with Gasteiger partial charge in [0.15, 0.2) is 0 Å². The van der Waals surface area contributed by atoms with Crippen LogP contribution in [0.15, 0.2) is 30.3 Å². The second-order valence-electron chi connectivity index (χ2n) is 3.96. The van der Waals surface area contributed by atoms with Crippen molar-refractivity contribution in [3.05, 3.63) is 35.9 Å². The quantitative estimate of drug-likeness (QED) is 0.474. The van der Waals surface area contributed by atoms with Crippen molar-refractivity contribution in [2.24, 2.45) is 0 Å². The zero-order valence-corrected chi connectivity index (χ0v) is 8.32. The summed E-state index contributed by atoms with van der Waals surface area (Å²) in [5.41, 5.74) is 0.972. The second kappa shape index (κ2) is 4.28. The first kappa shape index (κ1) is 10.6. The zero-order valence-electron chi connectivity index (χ0n) is 8.32. The molecular weight excluding hydrogens is 194 g/mol. The number of aliphatic hydroxyl groups excluding tert-OH is 3. The van der Waals surface area contributed by atoms with Gasteiger partial charge in [0.1, 0.15) is 24.3 Å². The van der Waals surface area contributed by atoms with Crippen molar-refractivity contribution >= 4 is 0 Å². The van der Waals surface area contributed by atoms with E-state index in [0.29, 0.717) is 0 Å². The molecule has 0 saturated carbocycles. The molecule has 1 aliphatic heterocycles. The third-order valence-corrected chi connectivity index (χ3v) is 3.01. The summed E-state index contributed by atoms with van der Waals surface area (Å²) in [4.78, 5) is 0. The van der Waals surface area contributed by atoms with Crippen LogP contribution in [0, 0.1) is 0 Å². The SMILES string of the molecule is OC[C@H]1[NH2+][C@@H](c2ccccc2)[C@@H](O)[C@@H]1O. The van der Waals surface area contributed by atoms with Crippen molar-refractivity contribution in [1.29, 1.82) is 0 Å². The smallest absolute Gasteiger partial charge is 0.142 e. The predicted octanol–water partition coefficient (Wildman–Crippen LogP) is -1.61. The van der Waals surface area contributed by atoms with E-state index in [-0.39, 0.29) is 18.7 Å². The molecule has 4 heteroatoms. The predicted molar refractivity (Wildman–Crippen MR) is 54.0 cm³/mol. The van der Waals surface area contributed by atoms with Gasteiger partial charge in [-0.1, -0.05) is 30.3 Å². The Morgan fingerprint density at radius 1 is 1.07 bits per heavy atom. The molecule has 82 valence electrons. The minimum atomic E-state index is -0.861. The maximum atomic E-state index is 9.82. The average molecular weight is 210 g/mol. The summed E-state index contributed by atoms with van der Waals surface area (Å²) < 4.78 is 0. The normalized spacial score (nSPS) is 35.7. The van der Waals surface area contributed by atoms with E-state index in [9.17, 15) is 10.2 Å². The largest absolute Gasteiger partial charge is 0.390 e. The van der Waals surface area contributed by atoms with Gasteiger partial charge in [0.05, 0.1) is 6.61 Å². The Balaban J connectivity index is 2.19. The summed E-state index contributed by atoms with van der Waals surface area (Å²) in [6.07, 6.45) is -1.68. The molecular formula is C11H16NO3+. The summed E-state index contributed by atoms with van der Waals surface area (Å²) in [6.45, 7) is -0.123. The Labute approximate surface area is 88.2 Å². The van der Waals surface area contributed by atoms with Gasteiger partial charge in [0.25, 0.3) is 0 Å². The Hall–Kier alpha value is -0.940. The van der Waals surface area contributed by atoms with E-state index in [1.807, 2.05) is 35.6 Å². The summed E-state index contributed by atoms with van der Waals surface area (Å²) in [5, 5.41) is 30.3. The van der Waals surface area contributed by atoms with Crippen LogP contribution >= 0.6 is 0 Å². The molecule has 15 heavy (non-hydrogen) atoms. The first-order chi connectivity index (χ1) is 7.24. The first-order valence-electron chi connectivity index (χ1n) is 5.11. The fourth-order valence-corrected chi connectivity index (χ4v) is 2.11. The highest BCUT2D eigenvalue weighted by molar-refractivity contribution is 5.19. The van der Waals surface area contributed by atoms with Gasteiger partial charge >= 0.3 is 0 Å². The van der Waals surface area contributed by atoms with Crippen molar-refractivity contribution in [3.63, 3.8) is 0 Å². The molecule has 0 unspecified atom stereocenters. The van der Waals surface area contributed by atoms with E-state index in [1.54, 1.807) is 0 Å². The number of hydrogen-bond acceptors (Lipinski definition) is 3. The third kappa shape index (κ3) is 1.89. The van der Waals surface area contributed by atoms with Crippen LogP contribution in [0.2, 0.25) is 0 Å². The van der Waals surface area contributed by atoms with Crippen LogP contribution in [0.5, 0.6) is 0 Å². The zero-order chi connectivity index (χ0) is 10.8. The van der Waals surface area contributed by atoms with Gasteiger partial charge in [0, 0.05) is 5.56 Å². The van der Waals surface area contributed by atoms with Crippen LogP contribution in [0.25, 0.3) is 0 Å². The summed E-state index contributed by atoms with van der Waals surface area (Å²) in [5.74, 6) is 0. The molecule has 1 fully saturated rings. The Bertz CT molecular complexity index is 317. The molecule has 2 rings (SSSR count). The fraction of sp³-hybridized carbons (Fsp3) is 0.455. The molecule has 0 spiro atoms.